The van der Waals surface area contributed by atoms with Crippen molar-refractivity contribution in [3.63, 3.8) is 0 Å². The SMILES string of the molecule is CC(NC(C)C(C)(C)O)c1ccc(F)cc1F. The van der Waals surface area contributed by atoms with Crippen molar-refractivity contribution in [1.29, 1.82) is 0 Å². The minimum atomic E-state index is -0.898. The van der Waals surface area contributed by atoms with Crippen LogP contribution < -0.4 is 5.32 Å². The second-order valence-corrected chi connectivity index (χ2v) is 4.93. The van der Waals surface area contributed by atoms with Gasteiger partial charge in [0.2, 0.25) is 0 Å². The fourth-order valence-corrected chi connectivity index (χ4v) is 1.52. The number of hydrogen-bond donors (Lipinski definition) is 2. The van der Waals surface area contributed by atoms with Gasteiger partial charge >= 0.3 is 0 Å². The fourth-order valence-electron chi connectivity index (χ4n) is 1.52. The zero-order chi connectivity index (χ0) is 13.2. The van der Waals surface area contributed by atoms with Crippen LogP contribution in [-0.2, 0) is 0 Å². The second-order valence-electron chi connectivity index (χ2n) is 4.93. The van der Waals surface area contributed by atoms with Crippen molar-refractivity contribution < 1.29 is 13.9 Å². The molecular weight excluding hydrogens is 224 g/mol. The average Bonchev–Trinajstić information content (AvgIpc) is 2.15. The van der Waals surface area contributed by atoms with Crippen molar-refractivity contribution in [1.82, 2.24) is 5.32 Å². The Hall–Kier alpha value is -1.00. The molecule has 96 valence electrons. The molecule has 1 aromatic rings. The Labute approximate surface area is 101 Å². The molecule has 0 aliphatic carbocycles. The third kappa shape index (κ3) is 3.75. The highest BCUT2D eigenvalue weighted by atomic mass is 19.1. The summed E-state index contributed by atoms with van der Waals surface area (Å²) < 4.78 is 26.3. The van der Waals surface area contributed by atoms with E-state index < -0.39 is 17.2 Å². The second kappa shape index (κ2) is 5.10. The number of halogens is 2. The molecule has 17 heavy (non-hydrogen) atoms. The quantitative estimate of drug-likeness (QED) is 0.852. The van der Waals surface area contributed by atoms with Crippen LogP contribution in [0.25, 0.3) is 0 Å². The zero-order valence-electron chi connectivity index (χ0n) is 10.6. The molecule has 2 atom stereocenters. The summed E-state index contributed by atoms with van der Waals surface area (Å²) >= 11 is 0. The van der Waals surface area contributed by atoms with E-state index in [1.54, 1.807) is 20.8 Å². The molecule has 0 saturated carbocycles. The van der Waals surface area contributed by atoms with Gasteiger partial charge in [-0.1, -0.05) is 6.07 Å². The van der Waals surface area contributed by atoms with Gasteiger partial charge in [-0.05, 0) is 33.8 Å². The monoisotopic (exact) mass is 243 g/mol. The van der Waals surface area contributed by atoms with Gasteiger partial charge in [0.05, 0.1) is 5.60 Å². The van der Waals surface area contributed by atoms with Crippen molar-refractivity contribution >= 4 is 0 Å². The van der Waals surface area contributed by atoms with Crippen LogP contribution in [-0.4, -0.2) is 16.7 Å². The van der Waals surface area contributed by atoms with E-state index in [-0.39, 0.29) is 12.1 Å². The molecule has 0 saturated heterocycles. The highest BCUT2D eigenvalue weighted by Crippen LogP contribution is 2.20. The molecule has 0 aromatic heterocycles. The van der Waals surface area contributed by atoms with Gasteiger partial charge in [0.15, 0.2) is 0 Å². The molecule has 2 nitrogen and oxygen atoms in total. The minimum absolute atomic E-state index is 0.207. The molecule has 1 aromatic carbocycles. The maximum absolute atomic E-state index is 13.5. The number of hydrogen-bond acceptors (Lipinski definition) is 2. The van der Waals surface area contributed by atoms with E-state index in [0.717, 1.165) is 6.07 Å². The summed E-state index contributed by atoms with van der Waals surface area (Å²) in [6, 6.07) is 3.01. The van der Waals surface area contributed by atoms with Crippen molar-refractivity contribution in [2.45, 2.75) is 45.4 Å². The number of nitrogens with one attached hydrogen (secondary N) is 1. The normalized spacial score (nSPS) is 15.7. The molecule has 0 spiro atoms. The van der Waals surface area contributed by atoms with Crippen molar-refractivity contribution in [3.8, 4) is 0 Å². The lowest BCUT2D eigenvalue weighted by Crippen LogP contribution is -2.45. The summed E-state index contributed by atoms with van der Waals surface area (Å²) in [4.78, 5) is 0. The van der Waals surface area contributed by atoms with E-state index in [9.17, 15) is 13.9 Å². The minimum Gasteiger partial charge on any atom is -0.389 e. The lowest BCUT2D eigenvalue weighted by molar-refractivity contribution is 0.0404. The molecule has 0 bridgehead atoms. The van der Waals surface area contributed by atoms with Crippen molar-refractivity contribution in [2.24, 2.45) is 0 Å². The fraction of sp³-hybridized carbons (Fsp3) is 0.538. The van der Waals surface area contributed by atoms with Gasteiger partial charge in [0.25, 0.3) is 0 Å². The molecule has 2 N–H and O–H groups in total. The Morgan fingerprint density at radius 2 is 1.82 bits per heavy atom. The Morgan fingerprint density at radius 1 is 1.24 bits per heavy atom. The summed E-state index contributed by atoms with van der Waals surface area (Å²) in [6.07, 6.45) is 0. The molecule has 0 aliphatic heterocycles. The summed E-state index contributed by atoms with van der Waals surface area (Å²) in [5.74, 6) is -1.16. The summed E-state index contributed by atoms with van der Waals surface area (Å²) in [6.45, 7) is 6.95. The van der Waals surface area contributed by atoms with Gasteiger partial charge in [-0.15, -0.1) is 0 Å². The standard InChI is InChI=1S/C13H19F2NO/c1-8(16-9(2)13(3,4)17)11-6-5-10(14)7-12(11)15/h5-9,16-17H,1-4H3. The molecular formula is C13H19F2NO. The van der Waals surface area contributed by atoms with Crippen LogP contribution in [0.3, 0.4) is 0 Å². The van der Waals surface area contributed by atoms with E-state index in [1.165, 1.54) is 12.1 Å². The highest BCUT2D eigenvalue weighted by molar-refractivity contribution is 5.21. The zero-order valence-corrected chi connectivity index (χ0v) is 10.6. The lowest BCUT2D eigenvalue weighted by Gasteiger charge is -2.30. The van der Waals surface area contributed by atoms with Crippen LogP contribution in [0, 0.1) is 11.6 Å². The smallest absolute Gasteiger partial charge is 0.130 e. The maximum Gasteiger partial charge on any atom is 0.130 e. The van der Waals surface area contributed by atoms with Gasteiger partial charge in [0, 0.05) is 23.7 Å². The molecule has 0 radical (unpaired) electrons. The van der Waals surface area contributed by atoms with E-state index >= 15 is 0 Å². The van der Waals surface area contributed by atoms with Gasteiger partial charge in [0.1, 0.15) is 11.6 Å². The van der Waals surface area contributed by atoms with Crippen LogP contribution in [0.4, 0.5) is 8.78 Å². The van der Waals surface area contributed by atoms with Gasteiger partial charge in [-0.25, -0.2) is 8.78 Å². The third-order valence-corrected chi connectivity index (χ3v) is 2.99. The Balaban J connectivity index is 2.80. The molecule has 0 fully saturated rings. The average molecular weight is 243 g/mol. The van der Waals surface area contributed by atoms with E-state index in [1.807, 2.05) is 6.92 Å². The molecule has 0 amide bonds. The predicted octanol–water partition coefficient (Wildman–Crippen LogP) is 2.77. The highest BCUT2D eigenvalue weighted by Gasteiger charge is 2.24. The Morgan fingerprint density at radius 3 is 2.29 bits per heavy atom. The largest absolute Gasteiger partial charge is 0.389 e. The summed E-state index contributed by atoms with van der Waals surface area (Å²) in [7, 11) is 0. The first kappa shape index (κ1) is 14.1. The first-order valence-corrected chi connectivity index (χ1v) is 5.65. The van der Waals surface area contributed by atoms with E-state index in [2.05, 4.69) is 5.32 Å². The molecule has 4 heteroatoms. The van der Waals surface area contributed by atoms with Crippen LogP contribution in [0.2, 0.25) is 0 Å². The summed E-state index contributed by atoms with van der Waals surface area (Å²) in [5, 5.41) is 12.9. The molecule has 0 heterocycles. The third-order valence-electron chi connectivity index (χ3n) is 2.99. The maximum atomic E-state index is 13.5. The van der Waals surface area contributed by atoms with Crippen molar-refractivity contribution in [3.05, 3.63) is 35.4 Å². The van der Waals surface area contributed by atoms with E-state index in [0.29, 0.717) is 5.56 Å². The van der Waals surface area contributed by atoms with E-state index in [4.69, 9.17) is 0 Å². The lowest BCUT2D eigenvalue weighted by atomic mass is 9.98. The Kier molecular flexibility index (Phi) is 4.22. The van der Waals surface area contributed by atoms with Crippen molar-refractivity contribution in [2.75, 3.05) is 0 Å². The number of benzene rings is 1. The molecule has 2 unspecified atom stereocenters. The van der Waals surface area contributed by atoms with Crippen LogP contribution in [0.1, 0.15) is 39.3 Å². The molecule has 0 aliphatic rings. The van der Waals surface area contributed by atoms with Crippen LogP contribution >= 0.6 is 0 Å². The van der Waals surface area contributed by atoms with Crippen LogP contribution in [0.15, 0.2) is 18.2 Å². The topological polar surface area (TPSA) is 32.3 Å². The summed E-state index contributed by atoms with van der Waals surface area (Å²) in [5.41, 5.74) is -0.507. The molecule has 1 rings (SSSR count). The van der Waals surface area contributed by atoms with Gasteiger partial charge in [-0.3, -0.25) is 0 Å². The number of aliphatic hydroxyl groups is 1. The van der Waals surface area contributed by atoms with Crippen LogP contribution in [0.5, 0.6) is 0 Å². The number of rotatable bonds is 4. The predicted molar refractivity (Wildman–Crippen MR) is 63.7 cm³/mol. The first-order chi connectivity index (χ1) is 7.71. The van der Waals surface area contributed by atoms with Gasteiger partial charge in [-0.2, -0.15) is 0 Å². The Bertz CT molecular complexity index is 387. The van der Waals surface area contributed by atoms with Gasteiger partial charge < -0.3 is 10.4 Å². The first-order valence-electron chi connectivity index (χ1n) is 5.65.